The summed E-state index contributed by atoms with van der Waals surface area (Å²) in [6, 6.07) is 0. The van der Waals surface area contributed by atoms with E-state index in [9.17, 15) is 0 Å². The summed E-state index contributed by atoms with van der Waals surface area (Å²) >= 11 is 3.34. The van der Waals surface area contributed by atoms with Crippen molar-refractivity contribution in [3.63, 3.8) is 0 Å². The van der Waals surface area contributed by atoms with Crippen molar-refractivity contribution < 1.29 is 9.47 Å². The maximum Gasteiger partial charge on any atom is 0.226 e. The standard InChI is InChI=1S/C7H9BrN2O2/c1-11-5-3-10-7(12-4-5)6(8)2-9-10/h2,5H,3-4H2,1H3. The third kappa shape index (κ3) is 1.23. The van der Waals surface area contributed by atoms with Crippen molar-refractivity contribution >= 4 is 15.9 Å². The maximum atomic E-state index is 5.43. The molecule has 0 N–H and O–H groups in total. The molecule has 5 heteroatoms. The summed E-state index contributed by atoms with van der Waals surface area (Å²) in [5, 5.41) is 4.12. The van der Waals surface area contributed by atoms with Crippen molar-refractivity contribution in [2.45, 2.75) is 12.6 Å². The van der Waals surface area contributed by atoms with Gasteiger partial charge in [-0.2, -0.15) is 5.10 Å². The molecule has 2 heterocycles. The van der Waals surface area contributed by atoms with Crippen LogP contribution in [0.2, 0.25) is 0 Å². The Balaban J connectivity index is 2.24. The van der Waals surface area contributed by atoms with E-state index in [1.807, 2.05) is 0 Å². The van der Waals surface area contributed by atoms with E-state index in [2.05, 4.69) is 21.0 Å². The van der Waals surface area contributed by atoms with Crippen LogP contribution in [0.25, 0.3) is 0 Å². The van der Waals surface area contributed by atoms with Gasteiger partial charge >= 0.3 is 0 Å². The molecule has 1 aromatic heterocycles. The maximum absolute atomic E-state index is 5.43. The lowest BCUT2D eigenvalue weighted by molar-refractivity contribution is 0.0176. The van der Waals surface area contributed by atoms with Gasteiger partial charge in [0.05, 0.1) is 17.2 Å². The minimum Gasteiger partial charge on any atom is -0.474 e. The second kappa shape index (κ2) is 3.06. The predicted molar refractivity (Wildman–Crippen MR) is 46.2 cm³/mol. The molecule has 0 radical (unpaired) electrons. The molecule has 0 bridgehead atoms. The Hall–Kier alpha value is -0.550. The van der Waals surface area contributed by atoms with E-state index in [1.165, 1.54) is 0 Å². The summed E-state index contributed by atoms with van der Waals surface area (Å²) in [6.45, 7) is 1.36. The van der Waals surface area contributed by atoms with Crippen LogP contribution in [0.1, 0.15) is 0 Å². The Bertz CT molecular complexity index is 287. The molecule has 66 valence electrons. The average Bonchev–Trinajstić information content (AvgIpc) is 2.47. The van der Waals surface area contributed by atoms with Crippen LogP contribution in [0.5, 0.6) is 5.88 Å². The number of fused-ring (bicyclic) bond motifs is 1. The molecule has 12 heavy (non-hydrogen) atoms. The quantitative estimate of drug-likeness (QED) is 0.727. The fourth-order valence-corrected chi connectivity index (χ4v) is 1.60. The van der Waals surface area contributed by atoms with E-state index in [1.54, 1.807) is 18.0 Å². The number of rotatable bonds is 1. The van der Waals surface area contributed by atoms with Crippen LogP contribution in [-0.4, -0.2) is 29.6 Å². The van der Waals surface area contributed by atoms with Gasteiger partial charge in [0, 0.05) is 7.11 Å². The first kappa shape index (κ1) is 8.07. The van der Waals surface area contributed by atoms with Crippen molar-refractivity contribution in [3.8, 4) is 5.88 Å². The first-order valence-electron chi connectivity index (χ1n) is 3.68. The number of methoxy groups -OCH3 is 1. The van der Waals surface area contributed by atoms with Crippen molar-refractivity contribution in [3.05, 3.63) is 10.7 Å². The third-order valence-corrected chi connectivity index (χ3v) is 2.41. The van der Waals surface area contributed by atoms with Gasteiger partial charge < -0.3 is 9.47 Å². The zero-order valence-corrected chi connectivity index (χ0v) is 8.24. The van der Waals surface area contributed by atoms with E-state index in [4.69, 9.17) is 9.47 Å². The van der Waals surface area contributed by atoms with Crippen molar-refractivity contribution in [2.75, 3.05) is 13.7 Å². The first-order valence-corrected chi connectivity index (χ1v) is 4.47. The topological polar surface area (TPSA) is 36.3 Å². The van der Waals surface area contributed by atoms with Gasteiger partial charge in [-0.25, -0.2) is 4.68 Å². The zero-order chi connectivity index (χ0) is 8.55. The normalized spacial score (nSPS) is 21.7. The van der Waals surface area contributed by atoms with Gasteiger partial charge in [-0.15, -0.1) is 0 Å². The van der Waals surface area contributed by atoms with E-state index in [0.717, 1.165) is 16.9 Å². The number of nitrogens with zero attached hydrogens (tertiary/aromatic N) is 2. The summed E-state index contributed by atoms with van der Waals surface area (Å²) in [6.07, 6.45) is 1.84. The second-order valence-corrected chi connectivity index (χ2v) is 3.50. The molecule has 1 unspecified atom stereocenters. The molecule has 2 rings (SSSR count). The molecule has 0 amide bonds. The first-order chi connectivity index (χ1) is 5.81. The summed E-state index contributed by atoms with van der Waals surface area (Å²) in [4.78, 5) is 0. The molecule has 0 spiro atoms. The van der Waals surface area contributed by atoms with Crippen LogP contribution in [0.3, 0.4) is 0 Å². The lowest BCUT2D eigenvalue weighted by atomic mass is 10.3. The molecule has 1 atom stereocenters. The largest absolute Gasteiger partial charge is 0.474 e. The molecule has 0 aliphatic carbocycles. The predicted octanol–water partition coefficient (Wildman–Crippen LogP) is 1.05. The van der Waals surface area contributed by atoms with Gasteiger partial charge in [-0.3, -0.25) is 0 Å². The number of halogens is 1. The van der Waals surface area contributed by atoms with Crippen LogP contribution in [0.15, 0.2) is 10.7 Å². The molecule has 1 aliphatic heterocycles. The van der Waals surface area contributed by atoms with Gasteiger partial charge in [0.15, 0.2) is 0 Å². The lowest BCUT2D eigenvalue weighted by Crippen LogP contribution is -2.31. The van der Waals surface area contributed by atoms with Crippen molar-refractivity contribution in [1.82, 2.24) is 9.78 Å². The average molecular weight is 233 g/mol. The fourth-order valence-electron chi connectivity index (χ4n) is 1.18. The molecule has 0 fully saturated rings. The summed E-state index contributed by atoms with van der Waals surface area (Å²) in [5.74, 6) is 0.795. The van der Waals surface area contributed by atoms with Crippen molar-refractivity contribution in [1.29, 1.82) is 0 Å². The molecule has 4 nitrogen and oxygen atoms in total. The van der Waals surface area contributed by atoms with Crippen LogP contribution >= 0.6 is 15.9 Å². The molecule has 0 saturated carbocycles. The summed E-state index contributed by atoms with van der Waals surface area (Å²) in [5.41, 5.74) is 0. The second-order valence-electron chi connectivity index (χ2n) is 2.65. The highest BCUT2D eigenvalue weighted by atomic mass is 79.9. The molecule has 1 aromatic rings. The highest BCUT2D eigenvalue weighted by molar-refractivity contribution is 9.10. The summed E-state index contributed by atoms with van der Waals surface area (Å²) < 4.78 is 13.3. The SMILES string of the molecule is COC1COc2c(Br)cnn2C1. The number of hydrogen-bond donors (Lipinski definition) is 0. The van der Waals surface area contributed by atoms with E-state index < -0.39 is 0 Å². The van der Waals surface area contributed by atoms with E-state index in [0.29, 0.717) is 6.61 Å². The Morgan fingerprint density at radius 3 is 3.42 bits per heavy atom. The minimum absolute atomic E-state index is 0.115. The molecule has 1 aliphatic rings. The fraction of sp³-hybridized carbons (Fsp3) is 0.571. The highest BCUT2D eigenvalue weighted by Crippen LogP contribution is 2.27. The van der Waals surface area contributed by atoms with E-state index in [-0.39, 0.29) is 6.10 Å². The molecule has 0 saturated heterocycles. The molecular formula is C7H9BrN2O2. The van der Waals surface area contributed by atoms with Gasteiger partial charge in [-0.1, -0.05) is 0 Å². The van der Waals surface area contributed by atoms with E-state index >= 15 is 0 Å². The zero-order valence-electron chi connectivity index (χ0n) is 6.66. The Kier molecular flexibility index (Phi) is 2.06. The van der Waals surface area contributed by atoms with Crippen LogP contribution in [0.4, 0.5) is 0 Å². The van der Waals surface area contributed by atoms with Gasteiger partial charge in [0.2, 0.25) is 5.88 Å². The number of aromatic nitrogens is 2. The van der Waals surface area contributed by atoms with Gasteiger partial charge in [0.25, 0.3) is 0 Å². The molecular weight excluding hydrogens is 224 g/mol. The smallest absolute Gasteiger partial charge is 0.226 e. The number of ether oxygens (including phenoxy) is 2. The minimum atomic E-state index is 0.115. The Morgan fingerprint density at radius 1 is 1.83 bits per heavy atom. The highest BCUT2D eigenvalue weighted by Gasteiger charge is 2.21. The monoisotopic (exact) mass is 232 g/mol. The van der Waals surface area contributed by atoms with Gasteiger partial charge in [-0.05, 0) is 15.9 Å². The third-order valence-electron chi connectivity index (χ3n) is 1.87. The molecule has 0 aromatic carbocycles. The lowest BCUT2D eigenvalue weighted by Gasteiger charge is -2.22. The summed E-state index contributed by atoms with van der Waals surface area (Å²) in [7, 11) is 1.68. The Labute approximate surface area is 78.6 Å². The number of hydrogen-bond acceptors (Lipinski definition) is 3. The Morgan fingerprint density at radius 2 is 2.67 bits per heavy atom. The van der Waals surface area contributed by atoms with Crippen molar-refractivity contribution in [2.24, 2.45) is 0 Å². The van der Waals surface area contributed by atoms with Crippen LogP contribution < -0.4 is 4.74 Å². The van der Waals surface area contributed by atoms with Gasteiger partial charge in [0.1, 0.15) is 12.7 Å². The van der Waals surface area contributed by atoms with Crippen LogP contribution in [-0.2, 0) is 11.3 Å². The van der Waals surface area contributed by atoms with Crippen LogP contribution in [0, 0.1) is 0 Å².